The first-order valence-corrected chi connectivity index (χ1v) is 7.51. The van der Waals surface area contributed by atoms with Gasteiger partial charge < -0.3 is 0 Å². The van der Waals surface area contributed by atoms with Crippen LogP contribution in [0.1, 0.15) is 48.0 Å². The van der Waals surface area contributed by atoms with Crippen LogP contribution in [0.4, 0.5) is 0 Å². The fourth-order valence-corrected chi connectivity index (χ4v) is 2.68. The Bertz CT molecular complexity index is 530. The van der Waals surface area contributed by atoms with Gasteiger partial charge in [-0.15, -0.1) is 11.3 Å². The summed E-state index contributed by atoms with van der Waals surface area (Å²) in [5.74, 6) is 0.245. The number of aryl methyl sites for hydroxylation is 1. The predicted octanol–water partition coefficient (Wildman–Crippen LogP) is 4.86. The molecule has 1 nitrogen and oxygen atoms in total. The highest BCUT2D eigenvalue weighted by Gasteiger charge is 2.13. The molecule has 0 aliphatic heterocycles. The summed E-state index contributed by atoms with van der Waals surface area (Å²) < 4.78 is 0. The molecule has 0 spiro atoms. The van der Waals surface area contributed by atoms with Crippen LogP contribution in [0.25, 0.3) is 0 Å². The average molecular weight is 272 g/mol. The molecule has 0 N–H and O–H groups in total. The standard InChI is InChI=1S/C17H20OS/c1-17(2,3)14-9-6-13(7-10-14)8-11-15(18)16-5-4-12-19-16/h4-7,9-10,12H,8,11H2,1-3H3. The molecule has 0 radical (unpaired) electrons. The van der Waals surface area contributed by atoms with Gasteiger partial charge in [0.2, 0.25) is 0 Å². The third-order valence-electron chi connectivity index (χ3n) is 3.26. The Kier molecular flexibility index (Phi) is 4.20. The second-order valence-electron chi connectivity index (χ2n) is 5.85. The van der Waals surface area contributed by atoms with Crippen LogP contribution in [0.15, 0.2) is 41.8 Å². The lowest BCUT2D eigenvalue weighted by molar-refractivity contribution is 0.0986. The lowest BCUT2D eigenvalue weighted by Crippen LogP contribution is -2.10. The second-order valence-corrected chi connectivity index (χ2v) is 6.80. The number of ketones is 1. The summed E-state index contributed by atoms with van der Waals surface area (Å²) in [4.78, 5) is 12.8. The van der Waals surface area contributed by atoms with Gasteiger partial charge in [0.1, 0.15) is 0 Å². The van der Waals surface area contributed by atoms with E-state index in [0.29, 0.717) is 6.42 Å². The van der Waals surface area contributed by atoms with E-state index in [1.165, 1.54) is 22.5 Å². The molecule has 1 heterocycles. The summed E-state index contributed by atoms with van der Waals surface area (Å²) in [6.07, 6.45) is 1.41. The fourth-order valence-electron chi connectivity index (χ4n) is 1.99. The number of Topliss-reactive ketones (excluding diaryl/α,β-unsaturated/α-hetero) is 1. The predicted molar refractivity (Wildman–Crippen MR) is 82.1 cm³/mol. The maximum absolute atomic E-state index is 11.9. The Balaban J connectivity index is 1.95. The molecule has 2 aromatic rings. The monoisotopic (exact) mass is 272 g/mol. The number of hydrogen-bond donors (Lipinski definition) is 0. The molecule has 100 valence electrons. The number of rotatable bonds is 4. The summed E-state index contributed by atoms with van der Waals surface area (Å²) in [5.41, 5.74) is 2.75. The van der Waals surface area contributed by atoms with Crippen LogP contribution >= 0.6 is 11.3 Å². The van der Waals surface area contributed by atoms with E-state index in [2.05, 4.69) is 45.0 Å². The molecule has 0 bridgehead atoms. The van der Waals surface area contributed by atoms with Gasteiger partial charge in [0.15, 0.2) is 5.78 Å². The SMILES string of the molecule is CC(C)(C)c1ccc(CCC(=O)c2cccs2)cc1. The van der Waals surface area contributed by atoms with Crippen molar-refractivity contribution in [2.75, 3.05) is 0 Å². The van der Waals surface area contributed by atoms with E-state index < -0.39 is 0 Å². The summed E-state index contributed by atoms with van der Waals surface area (Å²) in [5, 5.41) is 1.95. The Morgan fingerprint density at radius 3 is 2.32 bits per heavy atom. The highest BCUT2D eigenvalue weighted by Crippen LogP contribution is 2.22. The van der Waals surface area contributed by atoms with Crippen LogP contribution in [0.2, 0.25) is 0 Å². The highest BCUT2D eigenvalue weighted by atomic mass is 32.1. The Labute approximate surface area is 119 Å². The van der Waals surface area contributed by atoms with Gasteiger partial charge in [0.05, 0.1) is 4.88 Å². The van der Waals surface area contributed by atoms with Crippen LogP contribution in [0.3, 0.4) is 0 Å². The van der Waals surface area contributed by atoms with Crippen molar-refractivity contribution in [1.29, 1.82) is 0 Å². The van der Waals surface area contributed by atoms with E-state index in [1.807, 2.05) is 17.5 Å². The molecule has 0 fully saturated rings. The normalized spacial score (nSPS) is 11.5. The lowest BCUT2D eigenvalue weighted by atomic mass is 9.86. The molecule has 0 saturated carbocycles. The maximum Gasteiger partial charge on any atom is 0.173 e. The van der Waals surface area contributed by atoms with Crippen molar-refractivity contribution in [2.45, 2.75) is 39.0 Å². The van der Waals surface area contributed by atoms with E-state index in [1.54, 1.807) is 0 Å². The molecule has 2 rings (SSSR count). The highest BCUT2D eigenvalue weighted by molar-refractivity contribution is 7.12. The van der Waals surface area contributed by atoms with Crippen molar-refractivity contribution in [2.24, 2.45) is 0 Å². The summed E-state index contributed by atoms with van der Waals surface area (Å²) in [6.45, 7) is 6.63. The first-order valence-electron chi connectivity index (χ1n) is 6.63. The average Bonchev–Trinajstić information content (AvgIpc) is 2.89. The van der Waals surface area contributed by atoms with Crippen LogP contribution in [-0.4, -0.2) is 5.78 Å². The molecule has 0 aliphatic carbocycles. The van der Waals surface area contributed by atoms with Crippen molar-refractivity contribution < 1.29 is 4.79 Å². The number of benzene rings is 1. The van der Waals surface area contributed by atoms with Gasteiger partial charge in [-0.1, -0.05) is 51.1 Å². The number of carbonyl (C=O) groups is 1. The van der Waals surface area contributed by atoms with Crippen molar-refractivity contribution >= 4 is 17.1 Å². The number of thiophene rings is 1. The maximum atomic E-state index is 11.9. The van der Waals surface area contributed by atoms with Crippen molar-refractivity contribution in [3.05, 3.63) is 57.8 Å². The molecule has 0 atom stereocenters. The van der Waals surface area contributed by atoms with Gasteiger partial charge in [-0.25, -0.2) is 0 Å². The Morgan fingerprint density at radius 2 is 1.79 bits per heavy atom. The molecule has 0 amide bonds. The first-order chi connectivity index (χ1) is 8.97. The first kappa shape index (κ1) is 14.0. The second kappa shape index (κ2) is 5.70. The van der Waals surface area contributed by atoms with E-state index >= 15 is 0 Å². The van der Waals surface area contributed by atoms with Crippen molar-refractivity contribution in [1.82, 2.24) is 0 Å². The molecule has 0 unspecified atom stereocenters. The number of carbonyl (C=O) groups excluding carboxylic acids is 1. The molecule has 0 aliphatic rings. The summed E-state index contributed by atoms with van der Waals surface area (Å²) in [6, 6.07) is 12.5. The smallest absolute Gasteiger partial charge is 0.173 e. The minimum atomic E-state index is 0.186. The van der Waals surface area contributed by atoms with Crippen LogP contribution in [0.5, 0.6) is 0 Å². The van der Waals surface area contributed by atoms with Crippen molar-refractivity contribution in [3.8, 4) is 0 Å². The van der Waals surface area contributed by atoms with Gasteiger partial charge in [-0.3, -0.25) is 4.79 Å². The lowest BCUT2D eigenvalue weighted by Gasteiger charge is -2.19. The van der Waals surface area contributed by atoms with E-state index in [9.17, 15) is 4.79 Å². The largest absolute Gasteiger partial charge is 0.293 e. The zero-order chi connectivity index (χ0) is 13.9. The minimum Gasteiger partial charge on any atom is -0.293 e. The quantitative estimate of drug-likeness (QED) is 0.726. The van der Waals surface area contributed by atoms with E-state index in [-0.39, 0.29) is 11.2 Å². The topological polar surface area (TPSA) is 17.1 Å². The van der Waals surface area contributed by atoms with Crippen LogP contribution < -0.4 is 0 Å². The zero-order valence-corrected chi connectivity index (χ0v) is 12.6. The van der Waals surface area contributed by atoms with Gasteiger partial charge in [-0.2, -0.15) is 0 Å². The van der Waals surface area contributed by atoms with Crippen molar-refractivity contribution in [3.63, 3.8) is 0 Å². The summed E-state index contributed by atoms with van der Waals surface area (Å²) >= 11 is 1.52. The minimum absolute atomic E-state index is 0.186. The molecule has 2 heteroatoms. The third kappa shape index (κ3) is 3.77. The molecular weight excluding hydrogens is 252 g/mol. The molecule has 1 aromatic heterocycles. The molecule has 19 heavy (non-hydrogen) atoms. The molecule has 0 saturated heterocycles. The Hall–Kier alpha value is -1.41. The summed E-state index contributed by atoms with van der Waals surface area (Å²) in [7, 11) is 0. The van der Waals surface area contributed by atoms with Crippen LogP contribution in [0, 0.1) is 0 Å². The zero-order valence-electron chi connectivity index (χ0n) is 11.8. The fraction of sp³-hybridized carbons (Fsp3) is 0.353. The number of hydrogen-bond acceptors (Lipinski definition) is 2. The van der Waals surface area contributed by atoms with Crippen LogP contribution in [-0.2, 0) is 11.8 Å². The van der Waals surface area contributed by atoms with E-state index in [0.717, 1.165) is 11.3 Å². The van der Waals surface area contributed by atoms with Gasteiger partial charge in [0.25, 0.3) is 0 Å². The van der Waals surface area contributed by atoms with E-state index in [4.69, 9.17) is 0 Å². The van der Waals surface area contributed by atoms with Gasteiger partial charge in [0, 0.05) is 6.42 Å². The Morgan fingerprint density at radius 1 is 1.11 bits per heavy atom. The van der Waals surface area contributed by atoms with Gasteiger partial charge >= 0.3 is 0 Å². The molecular formula is C17H20OS. The van der Waals surface area contributed by atoms with Gasteiger partial charge in [-0.05, 0) is 34.4 Å². The molecule has 1 aromatic carbocycles. The third-order valence-corrected chi connectivity index (χ3v) is 4.17.